The molecule has 0 rings (SSSR count). The number of ether oxygens (including phenoxy) is 2. The predicted molar refractivity (Wildman–Crippen MR) is 83.0 cm³/mol. The Kier molecular flexibility index (Phi) is 9.26. The Hall–Kier alpha value is -1.10. The van der Waals surface area contributed by atoms with Gasteiger partial charge in [0.1, 0.15) is 5.60 Å². The van der Waals surface area contributed by atoms with Gasteiger partial charge < -0.3 is 14.4 Å². The Morgan fingerprint density at radius 2 is 1.67 bits per heavy atom. The summed E-state index contributed by atoms with van der Waals surface area (Å²) < 4.78 is 10.3. The molecule has 0 spiro atoms. The van der Waals surface area contributed by atoms with Crippen molar-refractivity contribution in [3.8, 4) is 0 Å². The maximum atomic E-state index is 12.3. The van der Waals surface area contributed by atoms with Crippen LogP contribution in [-0.2, 0) is 19.1 Å². The number of nitrogens with zero attached hydrogens (tertiary/aromatic N) is 1. The first-order valence-electron chi connectivity index (χ1n) is 7.75. The molecule has 0 N–H and O–H groups in total. The SMILES string of the molecule is CCC(CC)N(CCOC)C(=O)CCC(=O)OC(C)(C)C. The monoisotopic (exact) mass is 301 g/mol. The van der Waals surface area contributed by atoms with E-state index >= 15 is 0 Å². The summed E-state index contributed by atoms with van der Waals surface area (Å²) in [5, 5.41) is 0. The summed E-state index contributed by atoms with van der Waals surface area (Å²) in [6.45, 7) is 10.7. The maximum absolute atomic E-state index is 12.3. The predicted octanol–water partition coefficient (Wildman–Crippen LogP) is 2.77. The van der Waals surface area contributed by atoms with Gasteiger partial charge in [0.25, 0.3) is 0 Å². The Morgan fingerprint density at radius 1 is 1.10 bits per heavy atom. The molecular formula is C16H31NO4. The highest BCUT2D eigenvalue weighted by Gasteiger charge is 2.23. The smallest absolute Gasteiger partial charge is 0.306 e. The number of rotatable bonds is 9. The third kappa shape index (κ3) is 8.71. The molecule has 0 aliphatic heterocycles. The Morgan fingerprint density at radius 3 is 2.10 bits per heavy atom. The summed E-state index contributed by atoms with van der Waals surface area (Å²) in [5.41, 5.74) is -0.509. The molecule has 0 saturated carbocycles. The second kappa shape index (κ2) is 9.77. The van der Waals surface area contributed by atoms with Crippen LogP contribution in [0.15, 0.2) is 0 Å². The van der Waals surface area contributed by atoms with Gasteiger partial charge in [-0.2, -0.15) is 0 Å². The minimum atomic E-state index is -0.509. The van der Waals surface area contributed by atoms with Crippen molar-refractivity contribution in [2.24, 2.45) is 0 Å². The molecule has 0 radical (unpaired) electrons. The van der Waals surface area contributed by atoms with Crippen LogP contribution in [0.25, 0.3) is 0 Å². The second-order valence-electron chi connectivity index (χ2n) is 6.14. The normalized spacial score (nSPS) is 11.6. The third-order valence-electron chi connectivity index (χ3n) is 3.20. The standard InChI is InChI=1S/C16H31NO4/c1-7-13(8-2)17(11-12-20-6)14(18)9-10-15(19)21-16(3,4)5/h13H,7-12H2,1-6H3. The Bertz CT molecular complexity index is 319. The number of carbonyl (C=O) groups is 2. The summed E-state index contributed by atoms with van der Waals surface area (Å²) in [7, 11) is 1.62. The highest BCUT2D eigenvalue weighted by molar-refractivity contribution is 5.81. The van der Waals surface area contributed by atoms with Gasteiger partial charge in [-0.3, -0.25) is 9.59 Å². The van der Waals surface area contributed by atoms with Crippen LogP contribution in [-0.4, -0.2) is 48.7 Å². The van der Waals surface area contributed by atoms with Crippen molar-refractivity contribution in [2.45, 2.75) is 71.9 Å². The molecule has 0 aromatic rings. The molecule has 0 aliphatic rings. The highest BCUT2D eigenvalue weighted by atomic mass is 16.6. The molecule has 5 nitrogen and oxygen atoms in total. The van der Waals surface area contributed by atoms with Gasteiger partial charge in [0, 0.05) is 26.1 Å². The van der Waals surface area contributed by atoms with E-state index in [0.29, 0.717) is 13.2 Å². The summed E-state index contributed by atoms with van der Waals surface area (Å²) >= 11 is 0. The van der Waals surface area contributed by atoms with E-state index in [2.05, 4.69) is 13.8 Å². The zero-order chi connectivity index (χ0) is 16.5. The first-order chi connectivity index (χ1) is 9.75. The van der Waals surface area contributed by atoms with Crippen LogP contribution in [0.4, 0.5) is 0 Å². The highest BCUT2D eigenvalue weighted by Crippen LogP contribution is 2.13. The van der Waals surface area contributed by atoms with Crippen molar-refractivity contribution in [3.05, 3.63) is 0 Å². The lowest BCUT2D eigenvalue weighted by Gasteiger charge is -2.30. The topological polar surface area (TPSA) is 55.8 Å². The van der Waals surface area contributed by atoms with Crippen LogP contribution in [0.2, 0.25) is 0 Å². The van der Waals surface area contributed by atoms with Gasteiger partial charge in [0.2, 0.25) is 5.91 Å². The molecule has 5 heteroatoms. The molecule has 0 bridgehead atoms. The van der Waals surface area contributed by atoms with Gasteiger partial charge in [-0.05, 0) is 33.6 Å². The van der Waals surface area contributed by atoms with Gasteiger partial charge in [0.05, 0.1) is 13.0 Å². The van der Waals surface area contributed by atoms with E-state index in [-0.39, 0.29) is 30.8 Å². The van der Waals surface area contributed by atoms with Gasteiger partial charge in [0.15, 0.2) is 0 Å². The largest absolute Gasteiger partial charge is 0.460 e. The number of hydrogen-bond donors (Lipinski definition) is 0. The molecule has 0 aliphatic carbocycles. The van der Waals surface area contributed by atoms with E-state index in [1.807, 2.05) is 25.7 Å². The van der Waals surface area contributed by atoms with Crippen molar-refractivity contribution in [1.29, 1.82) is 0 Å². The van der Waals surface area contributed by atoms with Gasteiger partial charge in [-0.1, -0.05) is 13.8 Å². The summed E-state index contributed by atoms with van der Waals surface area (Å²) in [5.74, 6) is -0.335. The molecule has 0 aromatic heterocycles. The van der Waals surface area contributed by atoms with Crippen LogP contribution < -0.4 is 0 Å². The molecule has 0 fully saturated rings. The number of esters is 1. The molecule has 0 saturated heterocycles. The third-order valence-corrected chi connectivity index (χ3v) is 3.20. The van der Waals surface area contributed by atoms with Crippen LogP contribution in [0.1, 0.15) is 60.3 Å². The molecule has 21 heavy (non-hydrogen) atoms. The number of amides is 1. The molecular weight excluding hydrogens is 270 g/mol. The summed E-state index contributed by atoms with van der Waals surface area (Å²) in [6, 6.07) is 0.200. The summed E-state index contributed by atoms with van der Waals surface area (Å²) in [6.07, 6.45) is 2.12. The average Bonchev–Trinajstić information content (AvgIpc) is 2.39. The zero-order valence-corrected chi connectivity index (χ0v) is 14.4. The quantitative estimate of drug-likeness (QED) is 0.614. The van der Waals surface area contributed by atoms with E-state index in [1.165, 1.54) is 0 Å². The molecule has 124 valence electrons. The van der Waals surface area contributed by atoms with E-state index in [9.17, 15) is 9.59 Å². The number of carbonyl (C=O) groups excluding carboxylic acids is 2. The van der Waals surface area contributed by atoms with Gasteiger partial charge in [-0.15, -0.1) is 0 Å². The van der Waals surface area contributed by atoms with Gasteiger partial charge in [-0.25, -0.2) is 0 Å². The maximum Gasteiger partial charge on any atom is 0.306 e. The number of methoxy groups -OCH3 is 1. The fraction of sp³-hybridized carbons (Fsp3) is 0.875. The summed E-state index contributed by atoms with van der Waals surface area (Å²) in [4.78, 5) is 25.9. The van der Waals surface area contributed by atoms with Crippen LogP contribution in [0, 0.1) is 0 Å². The number of hydrogen-bond acceptors (Lipinski definition) is 4. The first kappa shape index (κ1) is 19.9. The minimum absolute atomic E-state index is 0.00777. The average molecular weight is 301 g/mol. The first-order valence-corrected chi connectivity index (χ1v) is 7.75. The van der Waals surface area contributed by atoms with E-state index in [0.717, 1.165) is 12.8 Å². The fourth-order valence-corrected chi connectivity index (χ4v) is 2.18. The lowest BCUT2D eigenvalue weighted by atomic mass is 10.1. The lowest BCUT2D eigenvalue weighted by molar-refractivity contribution is -0.156. The van der Waals surface area contributed by atoms with Crippen LogP contribution >= 0.6 is 0 Å². The van der Waals surface area contributed by atoms with Crippen LogP contribution in [0.5, 0.6) is 0 Å². The van der Waals surface area contributed by atoms with Crippen molar-refractivity contribution >= 4 is 11.9 Å². The molecule has 1 amide bonds. The molecule has 0 atom stereocenters. The van der Waals surface area contributed by atoms with Crippen molar-refractivity contribution in [2.75, 3.05) is 20.3 Å². The van der Waals surface area contributed by atoms with Crippen molar-refractivity contribution in [1.82, 2.24) is 4.90 Å². The Labute approximate surface area is 129 Å². The van der Waals surface area contributed by atoms with Crippen LogP contribution in [0.3, 0.4) is 0 Å². The van der Waals surface area contributed by atoms with Crippen molar-refractivity contribution in [3.63, 3.8) is 0 Å². The van der Waals surface area contributed by atoms with Crippen molar-refractivity contribution < 1.29 is 19.1 Å². The minimum Gasteiger partial charge on any atom is -0.460 e. The van der Waals surface area contributed by atoms with E-state index < -0.39 is 5.60 Å². The Balaban J connectivity index is 4.49. The lowest BCUT2D eigenvalue weighted by Crippen LogP contribution is -2.42. The molecule has 0 aromatic carbocycles. The van der Waals surface area contributed by atoms with E-state index in [4.69, 9.17) is 9.47 Å². The van der Waals surface area contributed by atoms with E-state index in [1.54, 1.807) is 7.11 Å². The second-order valence-corrected chi connectivity index (χ2v) is 6.14. The molecule has 0 unspecified atom stereocenters. The zero-order valence-electron chi connectivity index (χ0n) is 14.4. The van der Waals surface area contributed by atoms with Gasteiger partial charge >= 0.3 is 5.97 Å². The fourth-order valence-electron chi connectivity index (χ4n) is 2.18. The molecule has 0 heterocycles.